The van der Waals surface area contributed by atoms with Gasteiger partial charge in [-0.3, -0.25) is 4.79 Å². The molecular formula is C13H27ClN2O. The predicted octanol–water partition coefficient (Wildman–Crippen LogP) is 2.35. The van der Waals surface area contributed by atoms with Crippen molar-refractivity contribution in [3.05, 3.63) is 0 Å². The van der Waals surface area contributed by atoms with Crippen molar-refractivity contribution < 1.29 is 4.79 Å². The molecule has 1 aliphatic rings. The molecule has 4 heteroatoms. The van der Waals surface area contributed by atoms with Crippen LogP contribution >= 0.6 is 12.4 Å². The number of carbonyl (C=O) groups excluding carboxylic acids is 1. The third-order valence-electron chi connectivity index (χ3n) is 3.73. The van der Waals surface area contributed by atoms with Gasteiger partial charge in [-0.15, -0.1) is 12.4 Å². The lowest BCUT2D eigenvalue weighted by Crippen LogP contribution is -2.30. The van der Waals surface area contributed by atoms with Gasteiger partial charge in [0.2, 0.25) is 5.91 Å². The first-order chi connectivity index (χ1) is 7.74. The fraction of sp³-hybridized carbons (Fsp3) is 0.923. The van der Waals surface area contributed by atoms with Gasteiger partial charge in [-0.1, -0.05) is 32.6 Å². The van der Waals surface area contributed by atoms with Gasteiger partial charge < -0.3 is 10.6 Å². The van der Waals surface area contributed by atoms with E-state index in [1.54, 1.807) is 0 Å². The summed E-state index contributed by atoms with van der Waals surface area (Å²) in [6.07, 6.45) is 7.25. The van der Waals surface area contributed by atoms with E-state index in [2.05, 4.69) is 17.6 Å². The minimum atomic E-state index is 0. The van der Waals surface area contributed by atoms with Crippen molar-refractivity contribution in [3.8, 4) is 0 Å². The third-order valence-corrected chi connectivity index (χ3v) is 3.73. The second kappa shape index (κ2) is 9.72. The Kier molecular flexibility index (Phi) is 9.56. The van der Waals surface area contributed by atoms with E-state index in [4.69, 9.17) is 0 Å². The number of hydrogen-bond donors (Lipinski definition) is 2. The van der Waals surface area contributed by atoms with Gasteiger partial charge in [0.05, 0.1) is 0 Å². The monoisotopic (exact) mass is 262 g/mol. The standard InChI is InChI=1S/C13H26N2O.ClH/c1-11-5-3-4-6-12(11)7-10-15-13(16)8-9-14-2;/h11-12,14H,3-10H2,1-2H3,(H,15,16);1H. The first-order valence-electron chi connectivity index (χ1n) is 6.65. The topological polar surface area (TPSA) is 41.1 Å². The number of hydrogen-bond acceptors (Lipinski definition) is 2. The quantitative estimate of drug-likeness (QED) is 0.772. The number of carbonyl (C=O) groups is 1. The largest absolute Gasteiger partial charge is 0.356 e. The van der Waals surface area contributed by atoms with Crippen LogP contribution in [0, 0.1) is 11.8 Å². The smallest absolute Gasteiger partial charge is 0.221 e. The molecule has 1 rings (SSSR count). The highest BCUT2D eigenvalue weighted by molar-refractivity contribution is 5.85. The molecule has 1 amide bonds. The van der Waals surface area contributed by atoms with E-state index in [9.17, 15) is 4.79 Å². The van der Waals surface area contributed by atoms with Crippen LogP contribution in [-0.4, -0.2) is 26.0 Å². The lowest BCUT2D eigenvalue weighted by atomic mass is 9.79. The Morgan fingerprint density at radius 2 is 1.94 bits per heavy atom. The van der Waals surface area contributed by atoms with E-state index in [-0.39, 0.29) is 18.3 Å². The zero-order chi connectivity index (χ0) is 11.8. The van der Waals surface area contributed by atoms with Crippen LogP contribution in [0.4, 0.5) is 0 Å². The Labute approximate surface area is 112 Å². The minimum absolute atomic E-state index is 0. The summed E-state index contributed by atoms with van der Waals surface area (Å²) < 4.78 is 0. The van der Waals surface area contributed by atoms with Crippen LogP contribution in [0.2, 0.25) is 0 Å². The maximum absolute atomic E-state index is 11.4. The minimum Gasteiger partial charge on any atom is -0.356 e. The van der Waals surface area contributed by atoms with Crippen LogP contribution in [0.5, 0.6) is 0 Å². The van der Waals surface area contributed by atoms with E-state index in [1.807, 2.05) is 7.05 Å². The van der Waals surface area contributed by atoms with Crippen molar-refractivity contribution in [2.45, 2.75) is 45.4 Å². The Balaban J connectivity index is 0.00000256. The Morgan fingerprint density at radius 3 is 2.59 bits per heavy atom. The fourth-order valence-electron chi connectivity index (χ4n) is 2.55. The normalized spacial score (nSPS) is 23.9. The first kappa shape index (κ1) is 16.7. The van der Waals surface area contributed by atoms with E-state index < -0.39 is 0 Å². The molecule has 0 radical (unpaired) electrons. The number of rotatable bonds is 6. The zero-order valence-electron chi connectivity index (χ0n) is 11.1. The van der Waals surface area contributed by atoms with Crippen LogP contribution in [0.1, 0.15) is 45.4 Å². The summed E-state index contributed by atoms with van der Waals surface area (Å²) in [4.78, 5) is 11.4. The molecule has 3 nitrogen and oxygen atoms in total. The summed E-state index contributed by atoms with van der Waals surface area (Å²) in [5.74, 6) is 1.86. The van der Waals surface area contributed by atoms with Crippen LogP contribution in [-0.2, 0) is 4.79 Å². The summed E-state index contributed by atoms with van der Waals surface area (Å²) in [6.45, 7) is 3.98. The summed E-state index contributed by atoms with van der Waals surface area (Å²) in [5.41, 5.74) is 0. The van der Waals surface area contributed by atoms with E-state index in [0.29, 0.717) is 6.42 Å². The average molecular weight is 263 g/mol. The second-order valence-corrected chi connectivity index (χ2v) is 5.01. The first-order valence-corrected chi connectivity index (χ1v) is 6.65. The van der Waals surface area contributed by atoms with Crippen LogP contribution in [0.3, 0.4) is 0 Å². The molecule has 0 heterocycles. The highest BCUT2D eigenvalue weighted by Crippen LogP contribution is 2.31. The van der Waals surface area contributed by atoms with Gasteiger partial charge >= 0.3 is 0 Å². The highest BCUT2D eigenvalue weighted by Gasteiger charge is 2.20. The van der Waals surface area contributed by atoms with E-state index in [1.165, 1.54) is 25.7 Å². The van der Waals surface area contributed by atoms with Gasteiger partial charge in [0, 0.05) is 19.5 Å². The van der Waals surface area contributed by atoms with Crippen LogP contribution in [0.25, 0.3) is 0 Å². The summed E-state index contributed by atoms with van der Waals surface area (Å²) >= 11 is 0. The van der Waals surface area contributed by atoms with Crippen molar-refractivity contribution >= 4 is 18.3 Å². The maximum atomic E-state index is 11.4. The van der Waals surface area contributed by atoms with Gasteiger partial charge in [-0.25, -0.2) is 0 Å². The lowest BCUT2D eigenvalue weighted by molar-refractivity contribution is -0.121. The molecular weight excluding hydrogens is 236 g/mol. The Morgan fingerprint density at radius 1 is 1.24 bits per heavy atom. The molecule has 0 bridgehead atoms. The van der Waals surface area contributed by atoms with Crippen molar-refractivity contribution in [1.29, 1.82) is 0 Å². The van der Waals surface area contributed by atoms with Crippen molar-refractivity contribution in [1.82, 2.24) is 10.6 Å². The average Bonchev–Trinajstić information content (AvgIpc) is 2.29. The Bertz CT molecular complexity index is 212. The SMILES string of the molecule is CNCCC(=O)NCCC1CCCCC1C.Cl. The van der Waals surface area contributed by atoms with Gasteiger partial charge in [-0.2, -0.15) is 0 Å². The molecule has 0 aliphatic heterocycles. The van der Waals surface area contributed by atoms with Gasteiger partial charge in [-0.05, 0) is 25.3 Å². The highest BCUT2D eigenvalue weighted by atomic mass is 35.5. The van der Waals surface area contributed by atoms with E-state index >= 15 is 0 Å². The fourth-order valence-corrected chi connectivity index (χ4v) is 2.55. The maximum Gasteiger partial charge on any atom is 0.221 e. The number of amides is 1. The molecule has 17 heavy (non-hydrogen) atoms. The van der Waals surface area contributed by atoms with Gasteiger partial charge in [0.15, 0.2) is 0 Å². The predicted molar refractivity (Wildman–Crippen MR) is 74.5 cm³/mol. The van der Waals surface area contributed by atoms with Crippen LogP contribution in [0.15, 0.2) is 0 Å². The molecule has 1 fully saturated rings. The molecule has 2 N–H and O–H groups in total. The van der Waals surface area contributed by atoms with Gasteiger partial charge in [0.25, 0.3) is 0 Å². The molecule has 0 aromatic heterocycles. The van der Waals surface area contributed by atoms with Crippen LogP contribution < -0.4 is 10.6 Å². The summed E-state index contributed by atoms with van der Waals surface area (Å²) in [7, 11) is 1.87. The number of halogens is 1. The molecule has 0 aromatic rings. The molecule has 0 aromatic carbocycles. The molecule has 1 saturated carbocycles. The molecule has 102 valence electrons. The van der Waals surface area contributed by atoms with Crippen molar-refractivity contribution in [2.24, 2.45) is 11.8 Å². The molecule has 2 unspecified atom stereocenters. The van der Waals surface area contributed by atoms with Crippen molar-refractivity contribution in [2.75, 3.05) is 20.1 Å². The third kappa shape index (κ3) is 6.89. The molecule has 1 aliphatic carbocycles. The molecule has 0 saturated heterocycles. The van der Waals surface area contributed by atoms with Gasteiger partial charge in [0.1, 0.15) is 0 Å². The van der Waals surface area contributed by atoms with E-state index in [0.717, 1.165) is 31.3 Å². The zero-order valence-corrected chi connectivity index (χ0v) is 11.9. The Hall–Kier alpha value is -0.280. The van der Waals surface area contributed by atoms with Crippen molar-refractivity contribution in [3.63, 3.8) is 0 Å². The number of nitrogens with one attached hydrogen (secondary N) is 2. The summed E-state index contributed by atoms with van der Waals surface area (Å²) in [5, 5.41) is 5.99. The lowest BCUT2D eigenvalue weighted by Gasteiger charge is -2.28. The second-order valence-electron chi connectivity index (χ2n) is 5.01. The summed E-state index contributed by atoms with van der Waals surface area (Å²) in [6, 6.07) is 0. The molecule has 2 atom stereocenters. The molecule has 0 spiro atoms.